The van der Waals surface area contributed by atoms with Gasteiger partial charge in [0, 0.05) is 0 Å². The maximum Gasteiger partial charge on any atom is 0.229 e. The third-order valence-corrected chi connectivity index (χ3v) is 6.08. The number of nitrogens with one attached hydrogen (secondary N) is 1. The number of amides is 2. The predicted molar refractivity (Wildman–Crippen MR) is 88.1 cm³/mol. The largest absolute Gasteiger partial charge is 0.389 e. The van der Waals surface area contributed by atoms with Gasteiger partial charge in [-0.15, -0.1) is 11.8 Å². The summed E-state index contributed by atoms with van der Waals surface area (Å²) < 4.78 is 0.866. The molecule has 0 radical (unpaired) electrons. The molecule has 0 spiro atoms. The molecule has 8 heteroatoms. The molecule has 1 aliphatic rings. The maximum absolute atomic E-state index is 12.1. The quantitative estimate of drug-likeness (QED) is 0.686. The van der Waals surface area contributed by atoms with Crippen LogP contribution in [0.4, 0.5) is 5.13 Å². The number of aliphatic hydroxyl groups is 1. The minimum atomic E-state index is -0.877. The summed E-state index contributed by atoms with van der Waals surface area (Å²) >= 11 is 2.64. The molecule has 1 aromatic heterocycles. The fraction of sp³-hybridized carbons (Fsp3) is 0.643. The lowest BCUT2D eigenvalue weighted by molar-refractivity contribution is -0.122. The van der Waals surface area contributed by atoms with Crippen LogP contribution >= 0.6 is 23.1 Å². The first kappa shape index (κ1) is 17.2. The highest BCUT2D eigenvalue weighted by Crippen LogP contribution is 2.33. The Morgan fingerprint density at radius 3 is 2.73 bits per heavy atom. The third kappa shape index (κ3) is 4.96. The van der Waals surface area contributed by atoms with Crippen LogP contribution in [0.2, 0.25) is 0 Å². The van der Waals surface area contributed by atoms with E-state index in [0.717, 1.165) is 29.2 Å². The summed E-state index contributed by atoms with van der Waals surface area (Å²) in [6.07, 6.45) is 4.52. The van der Waals surface area contributed by atoms with Crippen molar-refractivity contribution in [1.82, 2.24) is 4.98 Å². The molecule has 2 amide bonds. The number of nitrogens with zero attached hydrogens (tertiary/aromatic N) is 1. The number of thiazole rings is 1. The molecule has 1 fully saturated rings. The number of aryl methyl sites for hydroxylation is 1. The summed E-state index contributed by atoms with van der Waals surface area (Å²) in [4.78, 5) is 27.2. The van der Waals surface area contributed by atoms with Crippen LogP contribution in [-0.2, 0) is 9.59 Å². The van der Waals surface area contributed by atoms with Gasteiger partial charge in [0.15, 0.2) is 5.13 Å². The third-order valence-electron chi connectivity index (χ3n) is 3.62. The van der Waals surface area contributed by atoms with Crippen molar-refractivity contribution in [2.75, 3.05) is 11.1 Å². The minimum absolute atomic E-state index is 0.107. The van der Waals surface area contributed by atoms with Crippen LogP contribution in [0.25, 0.3) is 0 Å². The molecule has 0 saturated heterocycles. The molecule has 0 aliphatic heterocycles. The molecular weight excluding hydrogens is 322 g/mol. The molecule has 2 rings (SSSR count). The van der Waals surface area contributed by atoms with E-state index in [4.69, 9.17) is 5.73 Å². The fourth-order valence-corrected chi connectivity index (χ4v) is 4.45. The Morgan fingerprint density at radius 2 is 2.09 bits per heavy atom. The Kier molecular flexibility index (Phi) is 5.82. The molecule has 1 saturated carbocycles. The Balaban J connectivity index is 1.91. The van der Waals surface area contributed by atoms with E-state index in [9.17, 15) is 14.7 Å². The van der Waals surface area contributed by atoms with E-state index in [1.807, 2.05) is 6.92 Å². The number of rotatable bonds is 6. The van der Waals surface area contributed by atoms with E-state index in [1.54, 1.807) is 0 Å². The fourth-order valence-electron chi connectivity index (χ4n) is 2.56. The molecular formula is C14H21N3O3S2. The molecule has 0 atom stereocenters. The van der Waals surface area contributed by atoms with Crippen molar-refractivity contribution in [3.8, 4) is 0 Å². The van der Waals surface area contributed by atoms with Crippen LogP contribution in [0, 0.1) is 6.92 Å². The molecule has 22 heavy (non-hydrogen) atoms. The lowest BCUT2D eigenvalue weighted by atomic mass is 9.82. The second-order valence-corrected chi connectivity index (χ2v) is 7.90. The van der Waals surface area contributed by atoms with E-state index in [-0.39, 0.29) is 24.0 Å². The van der Waals surface area contributed by atoms with E-state index >= 15 is 0 Å². The van der Waals surface area contributed by atoms with Crippen molar-refractivity contribution in [3.05, 3.63) is 5.69 Å². The second-order valence-electron chi connectivity index (χ2n) is 5.66. The van der Waals surface area contributed by atoms with Gasteiger partial charge in [-0.1, -0.05) is 30.6 Å². The van der Waals surface area contributed by atoms with Crippen LogP contribution < -0.4 is 11.1 Å². The maximum atomic E-state index is 12.1. The highest BCUT2D eigenvalue weighted by Gasteiger charge is 2.31. The first-order valence-electron chi connectivity index (χ1n) is 7.29. The van der Waals surface area contributed by atoms with Crippen molar-refractivity contribution in [1.29, 1.82) is 0 Å². The first-order valence-corrected chi connectivity index (χ1v) is 9.09. The van der Waals surface area contributed by atoms with Gasteiger partial charge in [-0.2, -0.15) is 0 Å². The van der Waals surface area contributed by atoms with Gasteiger partial charge in [-0.3, -0.25) is 9.59 Å². The monoisotopic (exact) mass is 343 g/mol. The van der Waals surface area contributed by atoms with Gasteiger partial charge in [0.1, 0.15) is 0 Å². The Hall–Kier alpha value is -1.12. The Bertz CT molecular complexity index is 554. The standard InChI is InChI=1S/C14H21N3O3S2/c1-9-12(21-8-10(15)18)22-13(16-9)17-11(19)7-14(20)5-3-2-4-6-14/h20H,2-8H2,1H3,(H2,15,18)(H,16,17,19). The van der Waals surface area contributed by atoms with Crippen molar-refractivity contribution in [2.24, 2.45) is 5.73 Å². The molecule has 1 aliphatic carbocycles. The van der Waals surface area contributed by atoms with Gasteiger partial charge in [0.25, 0.3) is 0 Å². The van der Waals surface area contributed by atoms with Gasteiger partial charge >= 0.3 is 0 Å². The smallest absolute Gasteiger partial charge is 0.229 e. The molecule has 0 aromatic carbocycles. The Morgan fingerprint density at radius 1 is 1.41 bits per heavy atom. The molecule has 0 bridgehead atoms. The molecule has 4 N–H and O–H groups in total. The number of thioether (sulfide) groups is 1. The molecule has 122 valence electrons. The second kappa shape index (κ2) is 7.43. The molecule has 0 unspecified atom stereocenters. The van der Waals surface area contributed by atoms with E-state index < -0.39 is 5.60 Å². The lowest BCUT2D eigenvalue weighted by Gasteiger charge is -2.31. The van der Waals surface area contributed by atoms with Gasteiger partial charge in [-0.25, -0.2) is 4.98 Å². The first-order chi connectivity index (χ1) is 10.4. The van der Waals surface area contributed by atoms with E-state index in [2.05, 4.69) is 10.3 Å². The lowest BCUT2D eigenvalue weighted by Crippen LogP contribution is -2.35. The van der Waals surface area contributed by atoms with Gasteiger partial charge in [-0.05, 0) is 19.8 Å². The average molecular weight is 343 g/mol. The topological polar surface area (TPSA) is 105 Å². The summed E-state index contributed by atoms with van der Waals surface area (Å²) in [5.74, 6) is -0.414. The summed E-state index contributed by atoms with van der Waals surface area (Å²) in [5, 5.41) is 13.6. The number of carbonyl (C=O) groups excluding carboxylic acids is 2. The highest BCUT2D eigenvalue weighted by molar-refractivity contribution is 8.01. The SMILES string of the molecule is Cc1nc(NC(=O)CC2(O)CCCCC2)sc1SCC(N)=O. The minimum Gasteiger partial charge on any atom is -0.389 e. The number of carbonyl (C=O) groups is 2. The van der Waals surface area contributed by atoms with Crippen molar-refractivity contribution >= 4 is 40.0 Å². The number of aromatic nitrogens is 1. The van der Waals surface area contributed by atoms with Crippen LogP contribution in [0.5, 0.6) is 0 Å². The number of hydrogen-bond acceptors (Lipinski definition) is 6. The summed E-state index contributed by atoms with van der Waals surface area (Å²) in [5.41, 5.74) is 5.01. The number of primary amides is 1. The molecule has 1 heterocycles. The van der Waals surface area contributed by atoms with Crippen molar-refractivity contribution in [2.45, 2.75) is 55.3 Å². The number of anilines is 1. The van der Waals surface area contributed by atoms with Crippen LogP contribution in [0.15, 0.2) is 4.21 Å². The van der Waals surface area contributed by atoms with Crippen LogP contribution in [0.3, 0.4) is 0 Å². The zero-order chi connectivity index (χ0) is 16.2. The van der Waals surface area contributed by atoms with Crippen LogP contribution in [0.1, 0.15) is 44.2 Å². The van der Waals surface area contributed by atoms with Crippen LogP contribution in [-0.4, -0.2) is 33.3 Å². The average Bonchev–Trinajstić information content (AvgIpc) is 2.76. The molecule has 6 nitrogen and oxygen atoms in total. The van der Waals surface area contributed by atoms with Gasteiger partial charge in [0.05, 0.1) is 27.7 Å². The number of hydrogen-bond donors (Lipinski definition) is 3. The zero-order valence-electron chi connectivity index (χ0n) is 12.6. The van der Waals surface area contributed by atoms with Gasteiger partial charge < -0.3 is 16.2 Å². The predicted octanol–water partition coefficient (Wildman–Crippen LogP) is 2.05. The van der Waals surface area contributed by atoms with Crippen molar-refractivity contribution in [3.63, 3.8) is 0 Å². The number of nitrogens with two attached hydrogens (primary N) is 1. The molecule has 1 aromatic rings. The highest BCUT2D eigenvalue weighted by atomic mass is 32.2. The van der Waals surface area contributed by atoms with E-state index in [0.29, 0.717) is 18.0 Å². The van der Waals surface area contributed by atoms with E-state index in [1.165, 1.54) is 23.1 Å². The summed E-state index contributed by atoms with van der Waals surface area (Å²) in [6.45, 7) is 1.82. The Labute approximate surface area is 137 Å². The van der Waals surface area contributed by atoms with Crippen molar-refractivity contribution < 1.29 is 14.7 Å². The zero-order valence-corrected chi connectivity index (χ0v) is 14.2. The summed E-state index contributed by atoms with van der Waals surface area (Å²) in [7, 11) is 0. The normalized spacial score (nSPS) is 17.2. The van der Waals surface area contributed by atoms with Gasteiger partial charge in [0.2, 0.25) is 11.8 Å². The summed E-state index contributed by atoms with van der Waals surface area (Å²) in [6, 6.07) is 0.